The van der Waals surface area contributed by atoms with Crippen LogP contribution >= 0.6 is 15.9 Å². The number of benzene rings is 1. The molecule has 1 aromatic carbocycles. The number of amides is 1. The van der Waals surface area contributed by atoms with Gasteiger partial charge < -0.3 is 10.0 Å². The van der Waals surface area contributed by atoms with E-state index in [2.05, 4.69) is 15.9 Å². The van der Waals surface area contributed by atoms with Crippen molar-refractivity contribution < 1.29 is 19.1 Å². The van der Waals surface area contributed by atoms with Crippen LogP contribution in [0.3, 0.4) is 0 Å². The number of halogens is 2. The van der Waals surface area contributed by atoms with Gasteiger partial charge in [-0.15, -0.1) is 0 Å². The van der Waals surface area contributed by atoms with Gasteiger partial charge in [0.1, 0.15) is 5.82 Å². The Labute approximate surface area is 113 Å². The fourth-order valence-electron chi connectivity index (χ4n) is 1.42. The second kappa shape index (κ2) is 5.95. The summed E-state index contributed by atoms with van der Waals surface area (Å²) in [6.45, 7) is 1.62. The van der Waals surface area contributed by atoms with E-state index in [1.807, 2.05) is 0 Å². The summed E-state index contributed by atoms with van der Waals surface area (Å²) in [6, 6.07) is 3.93. The van der Waals surface area contributed by atoms with E-state index in [0.29, 0.717) is 5.56 Å². The lowest BCUT2D eigenvalue weighted by Crippen LogP contribution is -2.33. The van der Waals surface area contributed by atoms with Crippen LogP contribution in [0.2, 0.25) is 0 Å². The number of aliphatic carboxylic acids is 1. The van der Waals surface area contributed by atoms with Crippen LogP contribution in [0.25, 0.3) is 0 Å². The predicted molar refractivity (Wildman–Crippen MR) is 67.9 cm³/mol. The summed E-state index contributed by atoms with van der Waals surface area (Å²) in [7, 11) is 1.51. The Bertz CT molecular complexity index is 478. The van der Waals surface area contributed by atoms with Gasteiger partial charge in [-0.1, -0.05) is 6.92 Å². The Hall–Kier alpha value is -1.43. The number of carboxylic acids is 1. The number of carbonyl (C=O) groups excluding carboxylic acids is 1. The smallest absolute Gasteiger partial charge is 0.308 e. The summed E-state index contributed by atoms with van der Waals surface area (Å²) in [4.78, 5) is 24.0. The van der Waals surface area contributed by atoms with Crippen molar-refractivity contribution >= 4 is 27.8 Å². The van der Waals surface area contributed by atoms with Gasteiger partial charge >= 0.3 is 5.97 Å². The zero-order valence-electron chi connectivity index (χ0n) is 9.98. The van der Waals surface area contributed by atoms with Gasteiger partial charge in [-0.05, 0) is 34.1 Å². The lowest BCUT2D eigenvalue weighted by molar-refractivity contribution is -0.141. The summed E-state index contributed by atoms with van der Waals surface area (Å²) in [5.41, 5.74) is 0.309. The second-order valence-electron chi connectivity index (χ2n) is 4.05. The lowest BCUT2D eigenvalue weighted by Gasteiger charge is -2.19. The van der Waals surface area contributed by atoms with E-state index in [0.717, 1.165) is 0 Å². The van der Waals surface area contributed by atoms with Crippen molar-refractivity contribution in [1.29, 1.82) is 0 Å². The summed E-state index contributed by atoms with van der Waals surface area (Å²) >= 11 is 3.00. The largest absolute Gasteiger partial charge is 0.481 e. The van der Waals surface area contributed by atoms with Gasteiger partial charge in [0.05, 0.1) is 10.4 Å². The molecule has 6 heteroatoms. The fraction of sp³-hybridized carbons (Fsp3) is 0.333. The molecule has 4 nitrogen and oxygen atoms in total. The maximum absolute atomic E-state index is 13.0. The zero-order chi connectivity index (χ0) is 13.9. The van der Waals surface area contributed by atoms with Crippen molar-refractivity contribution in [3.8, 4) is 0 Å². The molecule has 1 aromatic rings. The first-order chi connectivity index (χ1) is 8.32. The van der Waals surface area contributed by atoms with Crippen molar-refractivity contribution in [3.63, 3.8) is 0 Å². The molecule has 0 saturated heterocycles. The lowest BCUT2D eigenvalue weighted by atomic mass is 10.1. The molecule has 0 bridgehead atoms. The molecule has 0 aliphatic carbocycles. The van der Waals surface area contributed by atoms with E-state index in [-0.39, 0.29) is 16.9 Å². The van der Waals surface area contributed by atoms with Crippen LogP contribution in [0.4, 0.5) is 4.39 Å². The maximum atomic E-state index is 13.0. The second-order valence-corrected chi connectivity index (χ2v) is 4.91. The Balaban J connectivity index is 2.80. The van der Waals surface area contributed by atoms with Crippen LogP contribution in [0.1, 0.15) is 17.3 Å². The van der Waals surface area contributed by atoms with E-state index in [4.69, 9.17) is 5.11 Å². The highest BCUT2D eigenvalue weighted by Crippen LogP contribution is 2.18. The molecule has 1 unspecified atom stereocenters. The third kappa shape index (κ3) is 3.53. The molecule has 0 aliphatic heterocycles. The minimum atomic E-state index is -0.963. The molecule has 0 saturated carbocycles. The molecular weight excluding hydrogens is 305 g/mol. The Morgan fingerprint density at radius 3 is 2.61 bits per heavy atom. The van der Waals surface area contributed by atoms with Crippen LogP contribution in [0, 0.1) is 11.7 Å². The predicted octanol–water partition coefficient (Wildman–Crippen LogP) is 2.38. The Kier molecular flexibility index (Phi) is 4.84. The molecule has 98 valence electrons. The molecule has 0 spiro atoms. The molecule has 0 fully saturated rings. The molecule has 0 heterocycles. The topological polar surface area (TPSA) is 57.6 Å². The summed E-state index contributed by atoms with van der Waals surface area (Å²) in [5.74, 6) is -2.41. The molecular formula is C12H13BrFNO3. The van der Waals surface area contributed by atoms with Crippen LogP contribution in [-0.2, 0) is 4.79 Å². The van der Waals surface area contributed by atoms with E-state index in [1.54, 1.807) is 0 Å². The van der Waals surface area contributed by atoms with Crippen molar-refractivity contribution in [1.82, 2.24) is 4.90 Å². The number of carboxylic acid groups (broad SMARTS) is 1. The third-order valence-corrected chi connectivity index (χ3v) is 3.09. The molecule has 0 aromatic heterocycles. The minimum Gasteiger partial charge on any atom is -0.481 e. The Morgan fingerprint density at radius 1 is 1.50 bits per heavy atom. The highest BCUT2D eigenvalue weighted by Gasteiger charge is 2.19. The van der Waals surface area contributed by atoms with Gasteiger partial charge in [0.2, 0.25) is 0 Å². The summed E-state index contributed by atoms with van der Waals surface area (Å²) < 4.78 is 13.2. The number of hydrogen-bond donors (Lipinski definition) is 1. The van der Waals surface area contributed by atoms with Gasteiger partial charge in [0.15, 0.2) is 0 Å². The number of nitrogens with zero attached hydrogens (tertiary/aromatic N) is 1. The Morgan fingerprint density at radius 2 is 2.11 bits per heavy atom. The highest BCUT2D eigenvalue weighted by molar-refractivity contribution is 9.10. The van der Waals surface area contributed by atoms with Crippen LogP contribution in [0.15, 0.2) is 22.7 Å². The first-order valence-electron chi connectivity index (χ1n) is 5.26. The molecule has 18 heavy (non-hydrogen) atoms. The molecule has 0 radical (unpaired) electrons. The zero-order valence-corrected chi connectivity index (χ0v) is 11.6. The minimum absolute atomic E-state index is 0.100. The van der Waals surface area contributed by atoms with Crippen molar-refractivity contribution in [3.05, 3.63) is 34.1 Å². The average Bonchev–Trinajstić information content (AvgIpc) is 2.31. The first kappa shape index (κ1) is 14.6. The summed E-state index contributed by atoms with van der Waals surface area (Å²) in [5, 5.41) is 8.77. The molecule has 1 rings (SSSR count). The maximum Gasteiger partial charge on any atom is 0.308 e. The monoisotopic (exact) mass is 317 g/mol. The number of carbonyl (C=O) groups is 2. The quantitative estimate of drug-likeness (QED) is 0.927. The number of rotatable bonds is 4. The SMILES string of the molecule is CC(CN(C)C(=O)c1ccc(F)c(Br)c1)C(=O)O. The molecule has 1 amide bonds. The van der Waals surface area contributed by atoms with Crippen molar-refractivity contribution in [2.45, 2.75) is 6.92 Å². The van der Waals surface area contributed by atoms with E-state index in [1.165, 1.54) is 37.1 Å². The highest BCUT2D eigenvalue weighted by atomic mass is 79.9. The number of hydrogen-bond acceptors (Lipinski definition) is 2. The van der Waals surface area contributed by atoms with Gasteiger partial charge in [0, 0.05) is 19.2 Å². The van der Waals surface area contributed by atoms with Crippen LogP contribution in [-0.4, -0.2) is 35.5 Å². The van der Waals surface area contributed by atoms with Crippen molar-refractivity contribution in [2.24, 2.45) is 5.92 Å². The van der Waals surface area contributed by atoms with Gasteiger partial charge in [-0.2, -0.15) is 0 Å². The molecule has 1 atom stereocenters. The molecule has 0 aliphatic rings. The van der Waals surface area contributed by atoms with Gasteiger partial charge in [-0.3, -0.25) is 9.59 Å². The van der Waals surface area contributed by atoms with E-state index in [9.17, 15) is 14.0 Å². The average molecular weight is 318 g/mol. The third-order valence-electron chi connectivity index (χ3n) is 2.48. The normalized spacial score (nSPS) is 12.0. The van der Waals surface area contributed by atoms with E-state index < -0.39 is 17.7 Å². The van der Waals surface area contributed by atoms with Crippen LogP contribution < -0.4 is 0 Å². The van der Waals surface area contributed by atoms with Crippen molar-refractivity contribution in [2.75, 3.05) is 13.6 Å². The van der Waals surface area contributed by atoms with Gasteiger partial charge in [0.25, 0.3) is 5.91 Å². The van der Waals surface area contributed by atoms with Crippen LogP contribution in [0.5, 0.6) is 0 Å². The first-order valence-corrected chi connectivity index (χ1v) is 6.05. The molecule has 1 N–H and O–H groups in total. The standard InChI is InChI=1S/C12H13BrFNO3/c1-7(12(17)18)6-15(2)11(16)8-3-4-10(14)9(13)5-8/h3-5,7H,6H2,1-2H3,(H,17,18). The van der Waals surface area contributed by atoms with E-state index >= 15 is 0 Å². The van der Waals surface area contributed by atoms with Gasteiger partial charge in [-0.25, -0.2) is 4.39 Å². The fourth-order valence-corrected chi connectivity index (χ4v) is 1.80. The summed E-state index contributed by atoms with van der Waals surface area (Å²) in [6.07, 6.45) is 0.